The van der Waals surface area contributed by atoms with Crippen LogP contribution in [-0.2, 0) is 4.79 Å². The lowest BCUT2D eigenvalue weighted by Gasteiger charge is -2.31. The highest BCUT2D eigenvalue weighted by Crippen LogP contribution is 2.24. The highest BCUT2D eigenvalue weighted by atomic mass is 16.4. The molecule has 4 rings (SSSR count). The molecule has 1 fully saturated rings. The van der Waals surface area contributed by atoms with Gasteiger partial charge in [0.2, 0.25) is 11.9 Å². The lowest BCUT2D eigenvalue weighted by atomic mass is 9.93. The first-order valence-electron chi connectivity index (χ1n) is 9.57. The smallest absolute Gasteiger partial charge is 0.337 e. The van der Waals surface area contributed by atoms with Gasteiger partial charge in [-0.15, -0.1) is 10.2 Å². The zero-order valence-electron chi connectivity index (χ0n) is 15.8. The minimum absolute atomic E-state index is 0.0941. The van der Waals surface area contributed by atoms with Crippen LogP contribution in [0.15, 0.2) is 48.5 Å². The van der Waals surface area contributed by atoms with E-state index < -0.39 is 5.97 Å². The lowest BCUT2D eigenvalue weighted by Crippen LogP contribution is -2.36. The van der Waals surface area contributed by atoms with Crippen LogP contribution in [0.1, 0.15) is 29.6 Å². The molecule has 1 aliphatic rings. The van der Waals surface area contributed by atoms with E-state index >= 15 is 0 Å². The maximum atomic E-state index is 12.4. The zero-order valence-corrected chi connectivity index (χ0v) is 15.8. The number of piperidine rings is 1. The summed E-state index contributed by atoms with van der Waals surface area (Å²) in [7, 11) is 0. The second-order valence-electron chi connectivity index (χ2n) is 7.13. The molecule has 8 heteroatoms. The maximum absolute atomic E-state index is 12.4. The Balaban J connectivity index is 1.34. The summed E-state index contributed by atoms with van der Waals surface area (Å²) in [5.74, 6) is -0.377. The lowest BCUT2D eigenvalue weighted by molar-refractivity contribution is -0.117. The van der Waals surface area contributed by atoms with E-state index in [2.05, 4.69) is 25.4 Å². The number of amides is 1. The molecule has 2 N–H and O–H groups in total. The number of para-hydroxylation sites is 2. The van der Waals surface area contributed by atoms with Crippen LogP contribution in [0.25, 0.3) is 11.0 Å². The Bertz CT molecular complexity index is 1050. The van der Waals surface area contributed by atoms with Gasteiger partial charge in [-0.05, 0) is 43.0 Å². The number of rotatable bonds is 5. The Labute approximate surface area is 167 Å². The highest BCUT2D eigenvalue weighted by Gasteiger charge is 2.24. The van der Waals surface area contributed by atoms with Gasteiger partial charge in [0, 0.05) is 19.5 Å². The molecule has 1 aromatic heterocycles. The van der Waals surface area contributed by atoms with Gasteiger partial charge < -0.3 is 15.3 Å². The summed E-state index contributed by atoms with van der Waals surface area (Å²) in [5, 5.41) is 20.4. The van der Waals surface area contributed by atoms with Gasteiger partial charge in [-0.1, -0.05) is 24.3 Å². The SMILES string of the molecule is O=C(CC1CCN(c2nnc3ccccc3n2)CC1)Nc1ccccc1C(=O)O. The topological polar surface area (TPSA) is 108 Å². The van der Waals surface area contributed by atoms with Gasteiger partial charge in [-0.2, -0.15) is 0 Å². The average Bonchev–Trinajstić information content (AvgIpc) is 2.74. The number of carboxylic acid groups (broad SMARTS) is 1. The molecule has 1 amide bonds. The number of nitrogens with zero attached hydrogens (tertiary/aromatic N) is 4. The fraction of sp³-hybridized carbons (Fsp3) is 0.286. The molecule has 2 heterocycles. The first-order valence-corrected chi connectivity index (χ1v) is 9.57. The van der Waals surface area contributed by atoms with E-state index in [4.69, 9.17) is 0 Å². The second kappa shape index (κ2) is 8.22. The van der Waals surface area contributed by atoms with Crippen molar-refractivity contribution in [1.82, 2.24) is 15.2 Å². The Morgan fingerprint density at radius 1 is 1.00 bits per heavy atom. The third-order valence-electron chi connectivity index (χ3n) is 5.15. The van der Waals surface area contributed by atoms with E-state index in [-0.39, 0.29) is 17.4 Å². The van der Waals surface area contributed by atoms with Gasteiger partial charge in [-0.3, -0.25) is 4.79 Å². The number of benzene rings is 2. The summed E-state index contributed by atoms with van der Waals surface area (Å²) in [4.78, 5) is 30.3. The van der Waals surface area contributed by atoms with Crippen molar-refractivity contribution < 1.29 is 14.7 Å². The number of nitrogens with one attached hydrogen (secondary N) is 1. The van der Waals surface area contributed by atoms with Crippen LogP contribution in [0.3, 0.4) is 0 Å². The summed E-state index contributed by atoms with van der Waals surface area (Å²) in [6, 6.07) is 14.1. The second-order valence-corrected chi connectivity index (χ2v) is 7.13. The molecule has 0 bridgehead atoms. The van der Waals surface area contributed by atoms with Crippen molar-refractivity contribution in [3.63, 3.8) is 0 Å². The molecule has 148 valence electrons. The van der Waals surface area contributed by atoms with Crippen molar-refractivity contribution >= 4 is 34.5 Å². The number of carbonyl (C=O) groups is 2. The third-order valence-corrected chi connectivity index (χ3v) is 5.15. The van der Waals surface area contributed by atoms with Crippen LogP contribution < -0.4 is 10.2 Å². The largest absolute Gasteiger partial charge is 0.478 e. The minimum atomic E-state index is -1.06. The number of fused-ring (bicyclic) bond motifs is 1. The van der Waals surface area contributed by atoms with Crippen molar-refractivity contribution in [2.24, 2.45) is 5.92 Å². The Morgan fingerprint density at radius 3 is 2.45 bits per heavy atom. The van der Waals surface area contributed by atoms with Crippen LogP contribution >= 0.6 is 0 Å². The summed E-state index contributed by atoms with van der Waals surface area (Å²) in [5.41, 5.74) is 2.01. The Kier molecular flexibility index (Phi) is 5.33. The molecule has 1 aliphatic heterocycles. The number of hydrogen-bond donors (Lipinski definition) is 2. The summed E-state index contributed by atoms with van der Waals surface area (Å²) in [6.45, 7) is 1.51. The number of aromatic carboxylic acids is 1. The first-order chi connectivity index (χ1) is 14.1. The standard InChI is InChI=1S/C21H21N5O3/c27-19(22-16-6-2-1-5-15(16)20(28)29)13-14-9-11-26(12-10-14)21-23-17-7-3-4-8-18(17)24-25-21/h1-8,14H,9-13H2,(H,22,27)(H,28,29). The molecule has 3 aromatic rings. The average molecular weight is 391 g/mol. The van der Waals surface area contributed by atoms with Crippen LogP contribution in [0, 0.1) is 5.92 Å². The predicted molar refractivity (Wildman–Crippen MR) is 109 cm³/mol. The quantitative estimate of drug-likeness (QED) is 0.688. The highest BCUT2D eigenvalue weighted by molar-refractivity contribution is 6.00. The molecule has 0 atom stereocenters. The fourth-order valence-electron chi connectivity index (χ4n) is 3.59. The molecule has 0 unspecified atom stereocenters. The fourth-order valence-corrected chi connectivity index (χ4v) is 3.59. The maximum Gasteiger partial charge on any atom is 0.337 e. The molecule has 8 nitrogen and oxygen atoms in total. The Morgan fingerprint density at radius 2 is 1.69 bits per heavy atom. The van der Waals surface area contributed by atoms with Gasteiger partial charge in [0.25, 0.3) is 0 Å². The molecule has 1 saturated heterocycles. The Hall–Kier alpha value is -3.55. The van der Waals surface area contributed by atoms with Gasteiger partial charge in [0.1, 0.15) is 5.52 Å². The molecule has 0 spiro atoms. The summed E-state index contributed by atoms with van der Waals surface area (Å²) in [6.07, 6.45) is 2.03. The molecule has 2 aromatic carbocycles. The van der Waals surface area contributed by atoms with Gasteiger partial charge in [-0.25, -0.2) is 9.78 Å². The number of aromatic nitrogens is 3. The number of anilines is 2. The van der Waals surface area contributed by atoms with Crippen LogP contribution in [0.5, 0.6) is 0 Å². The monoisotopic (exact) mass is 391 g/mol. The number of hydrogen-bond acceptors (Lipinski definition) is 6. The van der Waals surface area contributed by atoms with Crippen molar-refractivity contribution in [1.29, 1.82) is 0 Å². The van der Waals surface area contributed by atoms with E-state index in [9.17, 15) is 14.7 Å². The first kappa shape index (κ1) is 18.8. The number of carbonyl (C=O) groups excluding carboxylic acids is 1. The third kappa shape index (κ3) is 4.31. The minimum Gasteiger partial charge on any atom is -0.478 e. The molecule has 0 radical (unpaired) electrons. The van der Waals surface area contributed by atoms with E-state index in [1.807, 2.05) is 24.3 Å². The number of carboxylic acids is 1. The predicted octanol–water partition coefficient (Wildman–Crippen LogP) is 2.97. The van der Waals surface area contributed by atoms with Crippen molar-refractivity contribution in [3.8, 4) is 0 Å². The van der Waals surface area contributed by atoms with E-state index in [0.717, 1.165) is 37.0 Å². The van der Waals surface area contributed by atoms with Crippen molar-refractivity contribution in [3.05, 3.63) is 54.1 Å². The molecule has 0 saturated carbocycles. The zero-order chi connectivity index (χ0) is 20.2. The van der Waals surface area contributed by atoms with Crippen molar-refractivity contribution in [2.75, 3.05) is 23.3 Å². The molecule has 29 heavy (non-hydrogen) atoms. The van der Waals surface area contributed by atoms with Gasteiger partial charge in [0.15, 0.2) is 0 Å². The van der Waals surface area contributed by atoms with Crippen LogP contribution in [0.2, 0.25) is 0 Å². The van der Waals surface area contributed by atoms with E-state index in [1.165, 1.54) is 6.07 Å². The summed E-state index contributed by atoms with van der Waals surface area (Å²) < 4.78 is 0. The van der Waals surface area contributed by atoms with Gasteiger partial charge >= 0.3 is 5.97 Å². The normalized spacial score (nSPS) is 14.7. The van der Waals surface area contributed by atoms with Crippen LogP contribution in [0.4, 0.5) is 11.6 Å². The van der Waals surface area contributed by atoms with Crippen molar-refractivity contribution in [2.45, 2.75) is 19.3 Å². The van der Waals surface area contributed by atoms with E-state index in [0.29, 0.717) is 18.1 Å². The molecular formula is C21H21N5O3. The van der Waals surface area contributed by atoms with Crippen LogP contribution in [-0.4, -0.2) is 45.3 Å². The van der Waals surface area contributed by atoms with Gasteiger partial charge in [0.05, 0.1) is 16.8 Å². The summed E-state index contributed by atoms with van der Waals surface area (Å²) >= 11 is 0. The molecule has 0 aliphatic carbocycles. The molecular weight excluding hydrogens is 370 g/mol. The van der Waals surface area contributed by atoms with E-state index in [1.54, 1.807) is 18.2 Å².